The van der Waals surface area contributed by atoms with Crippen molar-refractivity contribution in [3.8, 4) is 0 Å². The average Bonchev–Trinajstić information content (AvgIpc) is 3.04. The molecule has 32 heavy (non-hydrogen) atoms. The lowest BCUT2D eigenvalue weighted by Gasteiger charge is -2.50. The highest BCUT2D eigenvalue weighted by molar-refractivity contribution is 6.08. The van der Waals surface area contributed by atoms with E-state index >= 15 is 0 Å². The summed E-state index contributed by atoms with van der Waals surface area (Å²) >= 11 is 0. The molecule has 0 radical (unpaired) electrons. The van der Waals surface area contributed by atoms with Crippen molar-refractivity contribution in [2.75, 3.05) is 37.4 Å². The number of benzene rings is 2. The molecule has 0 aromatic heterocycles. The van der Waals surface area contributed by atoms with Crippen LogP contribution in [0, 0.1) is 0 Å². The first-order valence-corrected chi connectivity index (χ1v) is 12.0. The normalized spacial score (nSPS) is 29.6. The van der Waals surface area contributed by atoms with Crippen LogP contribution in [0.2, 0.25) is 0 Å². The molecule has 0 amide bonds. The molecular weight excluding hydrogens is 398 g/mol. The summed E-state index contributed by atoms with van der Waals surface area (Å²) in [6, 6.07) is 13.2. The SMILES string of the molecule is CC1(C)c2cc(C3CCN(C4COC4)CC3)ccc2C(=O)C2c3ccc(N)cc3NC21C. The van der Waals surface area contributed by atoms with Crippen molar-refractivity contribution in [3.05, 3.63) is 58.7 Å². The van der Waals surface area contributed by atoms with Crippen LogP contribution in [-0.2, 0) is 10.2 Å². The molecule has 1 aliphatic carbocycles. The number of ether oxygens (including phenoxy) is 1. The number of carbonyl (C=O) groups is 1. The molecule has 0 bridgehead atoms. The van der Waals surface area contributed by atoms with Crippen LogP contribution in [0.1, 0.15) is 72.5 Å². The Hall–Kier alpha value is -2.37. The average molecular weight is 432 g/mol. The quantitative estimate of drug-likeness (QED) is 0.695. The smallest absolute Gasteiger partial charge is 0.173 e. The van der Waals surface area contributed by atoms with E-state index in [0.717, 1.165) is 48.8 Å². The van der Waals surface area contributed by atoms with Gasteiger partial charge in [0.25, 0.3) is 0 Å². The van der Waals surface area contributed by atoms with Gasteiger partial charge in [0.05, 0.1) is 30.7 Å². The van der Waals surface area contributed by atoms with Crippen LogP contribution in [0.3, 0.4) is 0 Å². The fourth-order valence-corrected chi connectivity index (χ4v) is 6.53. The monoisotopic (exact) mass is 431 g/mol. The van der Waals surface area contributed by atoms with Crippen LogP contribution in [-0.4, -0.2) is 48.6 Å². The molecule has 2 aromatic rings. The number of nitrogens with zero attached hydrogens (tertiary/aromatic N) is 1. The Labute approximate surface area is 190 Å². The molecule has 6 rings (SSSR count). The van der Waals surface area contributed by atoms with E-state index in [1.807, 2.05) is 18.2 Å². The number of ketones is 1. The van der Waals surface area contributed by atoms with E-state index in [1.165, 1.54) is 24.0 Å². The molecule has 2 unspecified atom stereocenters. The van der Waals surface area contributed by atoms with Gasteiger partial charge in [0.15, 0.2) is 5.78 Å². The number of piperidine rings is 1. The van der Waals surface area contributed by atoms with Gasteiger partial charge in [0.1, 0.15) is 0 Å². The van der Waals surface area contributed by atoms with Gasteiger partial charge in [0.2, 0.25) is 0 Å². The molecule has 0 saturated carbocycles. The minimum atomic E-state index is -0.389. The number of rotatable bonds is 2. The van der Waals surface area contributed by atoms with Gasteiger partial charge in [0, 0.05) is 22.4 Å². The van der Waals surface area contributed by atoms with E-state index in [0.29, 0.717) is 12.0 Å². The number of carbonyl (C=O) groups excluding carboxylic acids is 1. The van der Waals surface area contributed by atoms with E-state index in [-0.39, 0.29) is 22.7 Å². The number of likely N-dealkylation sites (tertiary alicyclic amines) is 1. The van der Waals surface area contributed by atoms with Gasteiger partial charge in [-0.05, 0) is 67.6 Å². The summed E-state index contributed by atoms with van der Waals surface area (Å²) in [6.45, 7) is 10.8. The number of anilines is 2. The maximum Gasteiger partial charge on any atom is 0.173 e. The van der Waals surface area contributed by atoms with Crippen LogP contribution >= 0.6 is 0 Å². The lowest BCUT2D eigenvalue weighted by molar-refractivity contribution is -0.0712. The maximum atomic E-state index is 13.8. The molecule has 168 valence electrons. The first-order chi connectivity index (χ1) is 15.3. The Bertz CT molecular complexity index is 1100. The highest BCUT2D eigenvalue weighted by atomic mass is 16.5. The number of nitrogens with one attached hydrogen (secondary N) is 1. The summed E-state index contributed by atoms with van der Waals surface area (Å²) in [5.74, 6) is 0.589. The van der Waals surface area contributed by atoms with E-state index in [1.54, 1.807) is 0 Å². The molecule has 5 heteroatoms. The lowest BCUT2D eigenvalue weighted by atomic mass is 9.56. The van der Waals surface area contributed by atoms with Crippen molar-refractivity contribution in [2.24, 2.45) is 0 Å². The molecule has 2 atom stereocenters. The van der Waals surface area contributed by atoms with Gasteiger partial charge in [-0.2, -0.15) is 0 Å². The third-order valence-electron chi connectivity index (χ3n) is 9.04. The minimum Gasteiger partial charge on any atom is -0.399 e. The first kappa shape index (κ1) is 20.3. The van der Waals surface area contributed by atoms with E-state index in [2.05, 4.69) is 49.2 Å². The van der Waals surface area contributed by atoms with Gasteiger partial charge in [-0.1, -0.05) is 38.1 Å². The fraction of sp³-hybridized carbons (Fsp3) is 0.519. The number of fused-ring (bicyclic) bond motifs is 4. The van der Waals surface area contributed by atoms with Gasteiger partial charge < -0.3 is 15.8 Å². The Balaban J connectivity index is 1.34. The van der Waals surface area contributed by atoms with Gasteiger partial charge in [-0.3, -0.25) is 9.69 Å². The van der Waals surface area contributed by atoms with Crippen molar-refractivity contribution in [1.29, 1.82) is 0 Å². The molecule has 3 heterocycles. The second-order valence-electron chi connectivity index (χ2n) is 10.9. The van der Waals surface area contributed by atoms with Crippen LogP contribution in [0.25, 0.3) is 0 Å². The topological polar surface area (TPSA) is 67.6 Å². The summed E-state index contributed by atoms with van der Waals surface area (Å²) < 4.78 is 5.38. The van der Waals surface area contributed by atoms with Crippen LogP contribution in [0.15, 0.2) is 36.4 Å². The molecule has 4 aliphatic rings. The molecule has 2 fully saturated rings. The molecule has 2 saturated heterocycles. The standard InChI is InChI=1S/C27H33N3O2/c1-26(2)22-12-17(16-8-10-30(11-9-16)19-14-32-15-19)4-6-20(22)25(31)24-21-7-5-18(28)13-23(21)29-27(24,26)3/h4-7,12-13,16,19,24,29H,8-11,14-15,28H2,1-3H3. The van der Waals surface area contributed by atoms with Crippen molar-refractivity contribution in [2.45, 2.75) is 62.4 Å². The number of Topliss-reactive ketones (excluding diaryl/α,β-unsaturated/α-hetero) is 1. The summed E-state index contributed by atoms with van der Waals surface area (Å²) in [5.41, 5.74) is 11.7. The van der Waals surface area contributed by atoms with Crippen molar-refractivity contribution < 1.29 is 9.53 Å². The second kappa shape index (κ2) is 6.82. The highest BCUT2D eigenvalue weighted by Crippen LogP contribution is 2.57. The molecule has 5 nitrogen and oxygen atoms in total. The van der Waals surface area contributed by atoms with E-state index in [9.17, 15) is 4.79 Å². The lowest BCUT2D eigenvalue weighted by Crippen LogP contribution is -2.58. The first-order valence-electron chi connectivity index (χ1n) is 12.0. The largest absolute Gasteiger partial charge is 0.399 e. The third-order valence-corrected chi connectivity index (χ3v) is 9.04. The molecule has 0 spiro atoms. The number of hydrogen-bond acceptors (Lipinski definition) is 5. The third kappa shape index (κ3) is 2.67. The molecule has 3 aliphatic heterocycles. The number of nitrogen functional groups attached to an aromatic ring is 1. The Morgan fingerprint density at radius 3 is 2.50 bits per heavy atom. The molecule has 3 N–H and O–H groups in total. The zero-order valence-electron chi connectivity index (χ0n) is 19.3. The number of nitrogens with two attached hydrogens (primary N) is 1. The van der Waals surface area contributed by atoms with Crippen LogP contribution in [0.4, 0.5) is 11.4 Å². The Kier molecular flexibility index (Phi) is 4.31. The van der Waals surface area contributed by atoms with Crippen molar-refractivity contribution >= 4 is 17.2 Å². The highest BCUT2D eigenvalue weighted by Gasteiger charge is 2.59. The predicted octanol–water partition coefficient (Wildman–Crippen LogP) is 4.29. The zero-order chi connectivity index (χ0) is 22.3. The minimum absolute atomic E-state index is 0.195. The summed E-state index contributed by atoms with van der Waals surface area (Å²) in [6.07, 6.45) is 2.35. The van der Waals surface area contributed by atoms with Crippen LogP contribution in [0.5, 0.6) is 0 Å². The van der Waals surface area contributed by atoms with Crippen LogP contribution < -0.4 is 11.1 Å². The van der Waals surface area contributed by atoms with Gasteiger partial charge in [-0.15, -0.1) is 0 Å². The van der Waals surface area contributed by atoms with Crippen molar-refractivity contribution in [3.63, 3.8) is 0 Å². The Morgan fingerprint density at radius 2 is 1.81 bits per heavy atom. The summed E-state index contributed by atoms with van der Waals surface area (Å²) in [7, 11) is 0. The Morgan fingerprint density at radius 1 is 1.06 bits per heavy atom. The summed E-state index contributed by atoms with van der Waals surface area (Å²) in [4.78, 5) is 16.4. The second-order valence-corrected chi connectivity index (χ2v) is 10.9. The zero-order valence-corrected chi connectivity index (χ0v) is 19.3. The molecular formula is C27H33N3O2. The van der Waals surface area contributed by atoms with Crippen molar-refractivity contribution in [1.82, 2.24) is 4.90 Å². The summed E-state index contributed by atoms with van der Waals surface area (Å²) in [5, 5.41) is 3.73. The number of hydrogen-bond donors (Lipinski definition) is 2. The maximum absolute atomic E-state index is 13.8. The van der Waals surface area contributed by atoms with E-state index < -0.39 is 0 Å². The molecule has 2 aromatic carbocycles. The van der Waals surface area contributed by atoms with Gasteiger partial charge >= 0.3 is 0 Å². The fourth-order valence-electron chi connectivity index (χ4n) is 6.53. The van der Waals surface area contributed by atoms with E-state index in [4.69, 9.17) is 10.5 Å². The van der Waals surface area contributed by atoms with Gasteiger partial charge in [-0.25, -0.2) is 0 Å². The predicted molar refractivity (Wildman–Crippen MR) is 128 cm³/mol.